The van der Waals surface area contributed by atoms with Gasteiger partial charge >= 0.3 is 13.1 Å². The highest BCUT2D eigenvalue weighted by Gasteiger charge is 2.51. The van der Waals surface area contributed by atoms with Crippen LogP contribution in [-0.2, 0) is 41.3 Å². The predicted molar refractivity (Wildman–Crippen MR) is 194 cm³/mol. The number of anilines is 1. The number of esters is 1. The second kappa shape index (κ2) is 13.6. The number of ether oxygens (including phenoxy) is 3. The molecule has 11 heteroatoms. The maximum atomic E-state index is 11.9. The molecule has 3 saturated heterocycles. The Labute approximate surface area is 292 Å². The first kappa shape index (κ1) is 35.9. The molecular formula is C38H55BN4O6. The number of piperazine rings is 1. The average Bonchev–Trinajstić information content (AvgIpc) is 3.49. The number of carbonyl (C=O) groups excluding carboxylic acids is 1. The molecule has 0 radical (unpaired) electrons. The Bertz CT molecular complexity index is 1670. The number of aryl methyl sites for hydroxylation is 1. The number of hydrogen-bond acceptors (Lipinski definition) is 9. The van der Waals surface area contributed by atoms with E-state index in [1.165, 1.54) is 12.5 Å². The molecule has 0 amide bonds. The highest BCUT2D eigenvalue weighted by molar-refractivity contribution is 6.62. The molecule has 6 rings (SSSR count). The molecule has 0 bridgehead atoms. The molecule has 49 heavy (non-hydrogen) atoms. The van der Waals surface area contributed by atoms with Crippen molar-refractivity contribution in [1.29, 1.82) is 0 Å². The van der Waals surface area contributed by atoms with Crippen molar-refractivity contribution in [1.82, 2.24) is 14.5 Å². The fourth-order valence-electron chi connectivity index (χ4n) is 7.45. The lowest BCUT2D eigenvalue weighted by Gasteiger charge is -2.44. The Morgan fingerprint density at radius 2 is 1.86 bits per heavy atom. The van der Waals surface area contributed by atoms with Crippen molar-refractivity contribution in [2.45, 2.75) is 98.6 Å². The Hall–Kier alpha value is -2.96. The number of fused-ring (bicyclic) bond motifs is 2. The molecule has 3 aliphatic heterocycles. The predicted octanol–water partition coefficient (Wildman–Crippen LogP) is 5.38. The average molecular weight is 675 g/mol. The Kier molecular flexibility index (Phi) is 9.98. The zero-order chi connectivity index (χ0) is 35.3. The van der Waals surface area contributed by atoms with Crippen molar-refractivity contribution >= 4 is 35.1 Å². The number of methoxy groups -OCH3 is 1. The number of hydrogen-bond donors (Lipinski definition) is 0. The number of morpholine rings is 1. The van der Waals surface area contributed by atoms with Crippen molar-refractivity contribution < 1.29 is 28.3 Å². The van der Waals surface area contributed by atoms with Gasteiger partial charge in [0.25, 0.3) is 0 Å². The topological polar surface area (TPSA) is 87.5 Å². The molecule has 1 aromatic carbocycles. The Morgan fingerprint density at radius 1 is 1.12 bits per heavy atom. The molecule has 1 unspecified atom stereocenters. The van der Waals surface area contributed by atoms with Crippen LogP contribution in [0.3, 0.4) is 0 Å². The van der Waals surface area contributed by atoms with Crippen LogP contribution in [0, 0.1) is 5.41 Å². The molecule has 0 saturated carbocycles. The molecule has 0 aliphatic carbocycles. The summed E-state index contributed by atoms with van der Waals surface area (Å²) >= 11 is 0. The lowest BCUT2D eigenvalue weighted by Crippen LogP contribution is -2.58. The van der Waals surface area contributed by atoms with Crippen LogP contribution in [0.4, 0.5) is 5.69 Å². The molecule has 2 aromatic heterocycles. The maximum absolute atomic E-state index is 11.9. The third-order valence-electron chi connectivity index (χ3n) is 11.1. The molecule has 2 atom stereocenters. The van der Waals surface area contributed by atoms with Gasteiger partial charge in [0, 0.05) is 68.6 Å². The largest absolute Gasteiger partial charge is 0.494 e. The third-order valence-corrected chi connectivity index (χ3v) is 11.1. The van der Waals surface area contributed by atoms with Crippen LogP contribution in [0.25, 0.3) is 22.2 Å². The van der Waals surface area contributed by atoms with Crippen molar-refractivity contribution in [2.75, 3.05) is 58.0 Å². The number of benzene rings is 1. The molecule has 3 aliphatic rings. The minimum absolute atomic E-state index is 0.224. The summed E-state index contributed by atoms with van der Waals surface area (Å²) in [7, 11) is 1.25. The van der Waals surface area contributed by atoms with Crippen molar-refractivity contribution in [2.24, 2.45) is 5.41 Å². The number of pyridine rings is 1. The maximum Gasteiger partial charge on any atom is 0.494 e. The van der Waals surface area contributed by atoms with Gasteiger partial charge in [0.05, 0.1) is 66.4 Å². The smallest absolute Gasteiger partial charge is 0.465 e. The van der Waals surface area contributed by atoms with Crippen LogP contribution in [0.15, 0.2) is 30.5 Å². The van der Waals surface area contributed by atoms with E-state index in [1.54, 1.807) is 7.11 Å². The zero-order valence-corrected chi connectivity index (χ0v) is 31.2. The van der Waals surface area contributed by atoms with Crippen molar-refractivity contribution in [3.8, 4) is 11.3 Å². The molecule has 3 aromatic rings. The number of nitrogens with zero attached hydrogens (tertiary/aromatic N) is 4. The van der Waals surface area contributed by atoms with Gasteiger partial charge in [-0.1, -0.05) is 26.0 Å². The first-order valence-electron chi connectivity index (χ1n) is 17.9. The monoisotopic (exact) mass is 674 g/mol. The molecule has 10 nitrogen and oxygen atoms in total. The third kappa shape index (κ3) is 7.02. The van der Waals surface area contributed by atoms with E-state index < -0.39 is 18.3 Å². The quantitative estimate of drug-likeness (QED) is 0.208. The van der Waals surface area contributed by atoms with Crippen LogP contribution in [0.2, 0.25) is 0 Å². The van der Waals surface area contributed by atoms with E-state index >= 15 is 0 Å². The van der Waals surface area contributed by atoms with Crippen LogP contribution in [0.1, 0.15) is 79.7 Å². The number of rotatable bonds is 10. The summed E-state index contributed by atoms with van der Waals surface area (Å²) in [6.45, 7) is 24.8. The lowest BCUT2D eigenvalue weighted by atomic mass is 9.77. The van der Waals surface area contributed by atoms with Crippen LogP contribution >= 0.6 is 0 Å². The van der Waals surface area contributed by atoms with E-state index in [1.807, 2.05) is 6.20 Å². The van der Waals surface area contributed by atoms with Gasteiger partial charge in [-0.15, -0.1) is 0 Å². The Morgan fingerprint density at radius 3 is 2.53 bits per heavy atom. The fourth-order valence-corrected chi connectivity index (χ4v) is 7.45. The summed E-state index contributed by atoms with van der Waals surface area (Å²) in [5.74, 6) is -0.274. The highest BCUT2D eigenvalue weighted by atomic mass is 16.7. The van der Waals surface area contributed by atoms with E-state index in [0.29, 0.717) is 19.1 Å². The summed E-state index contributed by atoms with van der Waals surface area (Å²) in [4.78, 5) is 22.1. The minimum atomic E-state index is -0.485. The Balaban J connectivity index is 1.52. The van der Waals surface area contributed by atoms with Crippen molar-refractivity contribution in [3.63, 3.8) is 0 Å². The summed E-state index contributed by atoms with van der Waals surface area (Å²) in [6.07, 6.45) is 2.46. The van der Waals surface area contributed by atoms with Crippen LogP contribution in [-0.4, -0.2) is 97.9 Å². The van der Waals surface area contributed by atoms with Gasteiger partial charge in [0.2, 0.25) is 0 Å². The molecular weight excluding hydrogens is 619 g/mol. The SMILES string of the molecule is CCn1c(-c2cc(N3CCN4CCOC[C@@H]4C3)cnc2C(C)OC)c(CC(C)(C)COC(C)=O)c2cc(B3OC(C)(C)C(C)(C)O3)ccc21. The van der Waals surface area contributed by atoms with Gasteiger partial charge in [-0.3, -0.25) is 14.7 Å². The van der Waals surface area contributed by atoms with E-state index in [4.69, 9.17) is 28.5 Å². The van der Waals surface area contributed by atoms with Gasteiger partial charge in [-0.2, -0.15) is 0 Å². The molecule has 266 valence electrons. The number of carbonyl (C=O) groups is 1. The van der Waals surface area contributed by atoms with E-state index in [-0.39, 0.29) is 17.5 Å². The van der Waals surface area contributed by atoms with E-state index in [9.17, 15) is 4.79 Å². The van der Waals surface area contributed by atoms with Crippen LogP contribution in [0.5, 0.6) is 0 Å². The second-order valence-electron chi connectivity index (χ2n) is 15.8. The first-order chi connectivity index (χ1) is 23.1. The molecule has 0 spiro atoms. The van der Waals surface area contributed by atoms with Gasteiger partial charge in [0.1, 0.15) is 0 Å². The number of aromatic nitrogens is 2. The molecule has 3 fully saturated rings. The van der Waals surface area contributed by atoms with Gasteiger partial charge in [-0.25, -0.2) is 0 Å². The van der Waals surface area contributed by atoms with E-state index in [2.05, 4.69) is 94.0 Å². The fraction of sp³-hybridized carbons (Fsp3) is 0.632. The lowest BCUT2D eigenvalue weighted by molar-refractivity contribution is -0.143. The summed E-state index contributed by atoms with van der Waals surface area (Å²) in [5.41, 5.74) is 6.22. The van der Waals surface area contributed by atoms with E-state index in [0.717, 1.165) is 84.9 Å². The van der Waals surface area contributed by atoms with Gasteiger partial charge in [-0.05, 0) is 71.1 Å². The molecule has 5 heterocycles. The van der Waals surface area contributed by atoms with Gasteiger partial charge < -0.3 is 33.0 Å². The molecule has 0 N–H and O–H groups in total. The van der Waals surface area contributed by atoms with Crippen LogP contribution < -0.4 is 10.4 Å². The summed E-state index contributed by atoms with van der Waals surface area (Å²) in [6, 6.07) is 9.26. The zero-order valence-electron chi connectivity index (χ0n) is 31.2. The standard InChI is InChI=1S/C38H55BN4O6/c1-11-43-33-13-12-27(39-48-37(6,7)38(8,9)49-39)18-30(33)32(20-36(4,5)24-47-26(3)44)35(43)31-19-28(21-40-34(31)25(2)45-10)42-15-14-41-16-17-46-23-29(41)22-42/h12-13,18-19,21,25,29H,11,14-17,20,22-24H2,1-10H3/t25?,29-/m0/s1. The summed E-state index contributed by atoms with van der Waals surface area (Å²) < 4.78 is 32.8. The highest BCUT2D eigenvalue weighted by Crippen LogP contribution is 2.42. The second-order valence-corrected chi connectivity index (χ2v) is 15.8. The normalized spacial score (nSPS) is 21.6. The first-order valence-corrected chi connectivity index (χ1v) is 17.9. The minimum Gasteiger partial charge on any atom is -0.465 e. The van der Waals surface area contributed by atoms with Crippen molar-refractivity contribution in [3.05, 3.63) is 41.7 Å². The van der Waals surface area contributed by atoms with Gasteiger partial charge in [0.15, 0.2) is 0 Å². The summed E-state index contributed by atoms with van der Waals surface area (Å²) in [5, 5.41) is 1.13.